The highest BCUT2D eigenvalue weighted by Gasteiger charge is 2.04. The van der Waals surface area contributed by atoms with E-state index >= 15 is 0 Å². The molecule has 0 bridgehead atoms. The van der Waals surface area contributed by atoms with E-state index in [1.54, 1.807) is 0 Å². The average Bonchev–Trinajstić information content (AvgIpc) is 2.28. The third-order valence-electron chi connectivity index (χ3n) is 2.98. The zero-order chi connectivity index (χ0) is 11.5. The number of hydrogen-bond acceptors (Lipinski definition) is 2. The molecule has 1 saturated heterocycles. The molecule has 1 aliphatic rings. The Hall–Kier alpha value is -0.0800. The van der Waals surface area contributed by atoms with E-state index in [2.05, 4.69) is 38.3 Å². The predicted molar refractivity (Wildman–Crippen MR) is 69.3 cm³/mol. The van der Waals surface area contributed by atoms with Crippen molar-refractivity contribution in [3.8, 4) is 0 Å². The first-order valence-corrected chi connectivity index (χ1v) is 6.62. The number of nitrogens with one attached hydrogen (secondary N) is 2. The minimum Gasteiger partial charge on any atom is -0.317 e. The fourth-order valence-electron chi connectivity index (χ4n) is 1.56. The Kier molecular flexibility index (Phi) is 10.4. The van der Waals surface area contributed by atoms with Gasteiger partial charge in [-0.15, -0.1) is 0 Å². The molecule has 1 heterocycles. The molecule has 1 rings (SSSR count). The standard InChI is InChI=1S/C7H17N.C6H13N/c1-4-7(3)6-8-5-2;1-6-3-2-4-7-5-6/h7-8H,4-6H2,1-3H3;6-7H,2-5H2,1H3. The van der Waals surface area contributed by atoms with Gasteiger partial charge in [-0.1, -0.05) is 34.1 Å². The summed E-state index contributed by atoms with van der Waals surface area (Å²) < 4.78 is 0. The first kappa shape index (κ1) is 14.9. The van der Waals surface area contributed by atoms with Gasteiger partial charge in [0.15, 0.2) is 0 Å². The predicted octanol–water partition coefficient (Wildman–Crippen LogP) is 2.65. The topological polar surface area (TPSA) is 24.1 Å². The third-order valence-corrected chi connectivity index (χ3v) is 2.98. The van der Waals surface area contributed by atoms with Crippen LogP contribution in [0.15, 0.2) is 0 Å². The Morgan fingerprint density at radius 2 is 2.13 bits per heavy atom. The summed E-state index contributed by atoms with van der Waals surface area (Å²) in [4.78, 5) is 0. The van der Waals surface area contributed by atoms with Crippen molar-refractivity contribution in [3.05, 3.63) is 0 Å². The Morgan fingerprint density at radius 1 is 1.40 bits per heavy atom. The Labute approximate surface area is 96.2 Å². The van der Waals surface area contributed by atoms with E-state index in [4.69, 9.17) is 0 Å². The van der Waals surface area contributed by atoms with Crippen LogP contribution in [0.5, 0.6) is 0 Å². The van der Waals surface area contributed by atoms with Gasteiger partial charge >= 0.3 is 0 Å². The van der Waals surface area contributed by atoms with Gasteiger partial charge < -0.3 is 10.6 Å². The lowest BCUT2D eigenvalue weighted by atomic mass is 10.0. The highest BCUT2D eigenvalue weighted by atomic mass is 14.9. The lowest BCUT2D eigenvalue weighted by molar-refractivity contribution is 0.405. The fraction of sp³-hybridized carbons (Fsp3) is 1.00. The van der Waals surface area contributed by atoms with Crippen molar-refractivity contribution < 1.29 is 0 Å². The van der Waals surface area contributed by atoms with Crippen molar-refractivity contribution in [2.24, 2.45) is 11.8 Å². The van der Waals surface area contributed by atoms with Crippen molar-refractivity contribution in [2.75, 3.05) is 26.2 Å². The maximum atomic E-state index is 3.33. The monoisotopic (exact) mass is 214 g/mol. The Morgan fingerprint density at radius 3 is 2.47 bits per heavy atom. The van der Waals surface area contributed by atoms with E-state index < -0.39 is 0 Å². The van der Waals surface area contributed by atoms with E-state index in [0.717, 1.165) is 18.4 Å². The second-order valence-electron chi connectivity index (χ2n) is 4.77. The van der Waals surface area contributed by atoms with Crippen molar-refractivity contribution in [3.63, 3.8) is 0 Å². The summed E-state index contributed by atoms with van der Waals surface area (Å²) in [6, 6.07) is 0. The lowest BCUT2D eigenvalue weighted by Gasteiger charge is -2.17. The molecular weight excluding hydrogens is 184 g/mol. The largest absolute Gasteiger partial charge is 0.317 e. The summed E-state index contributed by atoms with van der Waals surface area (Å²) in [5, 5.41) is 6.63. The Bertz CT molecular complexity index is 120. The minimum absolute atomic E-state index is 0.843. The van der Waals surface area contributed by atoms with E-state index in [1.165, 1.54) is 38.9 Å². The quantitative estimate of drug-likeness (QED) is 0.752. The van der Waals surface area contributed by atoms with Crippen LogP contribution in [-0.2, 0) is 0 Å². The van der Waals surface area contributed by atoms with Gasteiger partial charge in [0.2, 0.25) is 0 Å². The molecule has 2 N–H and O–H groups in total. The normalized spacial score (nSPS) is 22.8. The summed E-state index contributed by atoms with van der Waals surface area (Å²) in [7, 11) is 0. The second kappa shape index (κ2) is 10.4. The van der Waals surface area contributed by atoms with Crippen molar-refractivity contribution in [1.29, 1.82) is 0 Å². The number of hydrogen-bond donors (Lipinski definition) is 2. The van der Waals surface area contributed by atoms with Gasteiger partial charge in [0.1, 0.15) is 0 Å². The SMILES string of the molecule is CC1CCCNC1.CCNCC(C)CC. The van der Waals surface area contributed by atoms with Crippen LogP contribution >= 0.6 is 0 Å². The molecule has 0 radical (unpaired) electrons. The molecule has 0 spiro atoms. The van der Waals surface area contributed by atoms with E-state index in [-0.39, 0.29) is 0 Å². The summed E-state index contributed by atoms with van der Waals surface area (Å²) in [6.45, 7) is 13.7. The lowest BCUT2D eigenvalue weighted by Crippen LogP contribution is -2.27. The van der Waals surface area contributed by atoms with Gasteiger partial charge in [-0.25, -0.2) is 0 Å². The van der Waals surface area contributed by atoms with Crippen LogP contribution in [0.4, 0.5) is 0 Å². The van der Waals surface area contributed by atoms with Gasteiger partial charge in [0.05, 0.1) is 0 Å². The maximum Gasteiger partial charge on any atom is -0.00231 e. The van der Waals surface area contributed by atoms with Crippen LogP contribution in [0.3, 0.4) is 0 Å². The molecule has 0 amide bonds. The molecule has 1 fully saturated rings. The average molecular weight is 214 g/mol. The molecule has 2 heteroatoms. The third kappa shape index (κ3) is 10.2. The van der Waals surface area contributed by atoms with Crippen LogP contribution in [0.1, 0.15) is 47.0 Å². The Balaban J connectivity index is 0.000000262. The zero-order valence-electron chi connectivity index (χ0n) is 11.1. The van der Waals surface area contributed by atoms with Crippen molar-refractivity contribution >= 4 is 0 Å². The zero-order valence-corrected chi connectivity index (χ0v) is 11.1. The van der Waals surface area contributed by atoms with Gasteiger partial charge in [-0.2, -0.15) is 0 Å². The minimum atomic E-state index is 0.843. The molecule has 1 aliphatic heterocycles. The van der Waals surface area contributed by atoms with E-state index in [1.807, 2.05) is 0 Å². The summed E-state index contributed by atoms with van der Waals surface area (Å²) in [5.74, 6) is 1.77. The highest BCUT2D eigenvalue weighted by molar-refractivity contribution is 4.63. The van der Waals surface area contributed by atoms with Crippen LogP contribution in [-0.4, -0.2) is 26.2 Å². The molecule has 0 saturated carbocycles. The summed E-state index contributed by atoms with van der Waals surface area (Å²) >= 11 is 0. The number of piperidine rings is 1. The van der Waals surface area contributed by atoms with Crippen molar-refractivity contribution in [1.82, 2.24) is 10.6 Å². The summed E-state index contributed by atoms with van der Waals surface area (Å²) in [5.41, 5.74) is 0. The summed E-state index contributed by atoms with van der Waals surface area (Å²) in [6.07, 6.45) is 4.08. The first-order valence-electron chi connectivity index (χ1n) is 6.62. The molecule has 2 unspecified atom stereocenters. The molecule has 0 aliphatic carbocycles. The van der Waals surface area contributed by atoms with Crippen LogP contribution < -0.4 is 10.6 Å². The van der Waals surface area contributed by atoms with Crippen molar-refractivity contribution in [2.45, 2.75) is 47.0 Å². The van der Waals surface area contributed by atoms with E-state index in [0.29, 0.717) is 0 Å². The molecule has 0 aromatic carbocycles. The smallest absolute Gasteiger partial charge is 0.00231 e. The first-order chi connectivity index (χ1) is 7.20. The fourth-order valence-corrected chi connectivity index (χ4v) is 1.56. The van der Waals surface area contributed by atoms with Gasteiger partial charge in [0.25, 0.3) is 0 Å². The maximum absolute atomic E-state index is 3.33. The molecule has 15 heavy (non-hydrogen) atoms. The van der Waals surface area contributed by atoms with E-state index in [9.17, 15) is 0 Å². The molecule has 0 aromatic rings. The molecule has 0 aromatic heterocycles. The van der Waals surface area contributed by atoms with Crippen LogP contribution in [0, 0.1) is 11.8 Å². The number of rotatable bonds is 4. The molecule has 2 nitrogen and oxygen atoms in total. The van der Waals surface area contributed by atoms with Crippen LogP contribution in [0.2, 0.25) is 0 Å². The van der Waals surface area contributed by atoms with Gasteiger partial charge in [-0.05, 0) is 50.9 Å². The molecule has 2 atom stereocenters. The molecular formula is C13H30N2. The highest BCUT2D eigenvalue weighted by Crippen LogP contribution is 2.06. The second-order valence-corrected chi connectivity index (χ2v) is 4.77. The van der Waals surface area contributed by atoms with Crippen LogP contribution in [0.25, 0.3) is 0 Å². The van der Waals surface area contributed by atoms with Gasteiger partial charge in [0, 0.05) is 0 Å². The van der Waals surface area contributed by atoms with Gasteiger partial charge in [-0.3, -0.25) is 0 Å². The molecule has 92 valence electrons.